The Morgan fingerprint density at radius 3 is 2.37 bits per heavy atom. The Bertz CT molecular complexity index is 1180. The summed E-state index contributed by atoms with van der Waals surface area (Å²) < 4.78 is 32.4. The smallest absolute Gasteiger partial charge is 0.264 e. The van der Waals surface area contributed by atoms with Crippen molar-refractivity contribution in [2.45, 2.75) is 11.8 Å². The summed E-state index contributed by atoms with van der Waals surface area (Å²) in [4.78, 5) is 12.6. The number of benzene rings is 3. The van der Waals surface area contributed by atoms with Gasteiger partial charge in [0.15, 0.2) is 0 Å². The van der Waals surface area contributed by atoms with Gasteiger partial charge in [-0.3, -0.25) is 9.10 Å². The lowest BCUT2D eigenvalue weighted by Gasteiger charge is -2.20. The summed E-state index contributed by atoms with van der Waals surface area (Å²) in [6.07, 6.45) is 0. The Hall–Kier alpha value is -3.03. The van der Waals surface area contributed by atoms with Gasteiger partial charge in [0.1, 0.15) is 5.75 Å². The van der Waals surface area contributed by atoms with Crippen molar-refractivity contribution < 1.29 is 17.9 Å². The van der Waals surface area contributed by atoms with E-state index in [1.807, 2.05) is 6.92 Å². The summed E-state index contributed by atoms with van der Waals surface area (Å²) in [5.74, 6) is 0.193. The number of hydrogen-bond acceptors (Lipinski definition) is 4. The van der Waals surface area contributed by atoms with Gasteiger partial charge in [-0.05, 0) is 67.1 Å². The van der Waals surface area contributed by atoms with E-state index in [9.17, 15) is 13.2 Å². The van der Waals surface area contributed by atoms with Gasteiger partial charge in [-0.15, -0.1) is 0 Å². The van der Waals surface area contributed by atoms with E-state index in [4.69, 9.17) is 16.3 Å². The van der Waals surface area contributed by atoms with Gasteiger partial charge in [-0.1, -0.05) is 23.7 Å². The second-order valence-electron chi connectivity index (χ2n) is 6.62. The minimum atomic E-state index is -3.86. The molecule has 0 atom stereocenters. The van der Waals surface area contributed by atoms with Gasteiger partial charge in [-0.2, -0.15) is 0 Å². The van der Waals surface area contributed by atoms with Crippen molar-refractivity contribution in [3.8, 4) is 5.75 Å². The Balaban J connectivity index is 1.85. The highest BCUT2D eigenvalue weighted by Crippen LogP contribution is 2.25. The summed E-state index contributed by atoms with van der Waals surface area (Å²) >= 11 is 6.10. The zero-order valence-corrected chi connectivity index (χ0v) is 18.3. The number of rotatable bonds is 6. The minimum Gasteiger partial charge on any atom is -0.497 e. The number of ether oxygens (including phenoxy) is 1. The van der Waals surface area contributed by atoms with Gasteiger partial charge in [-0.25, -0.2) is 8.42 Å². The summed E-state index contributed by atoms with van der Waals surface area (Å²) in [7, 11) is -0.867. The molecule has 1 N–H and O–H groups in total. The number of sulfonamides is 1. The number of halogens is 1. The summed E-state index contributed by atoms with van der Waals surface area (Å²) in [6, 6.07) is 17.7. The maximum absolute atomic E-state index is 13.0. The first-order valence-electron chi connectivity index (χ1n) is 9.03. The van der Waals surface area contributed by atoms with Crippen LogP contribution in [0.25, 0.3) is 0 Å². The summed E-state index contributed by atoms with van der Waals surface area (Å²) in [5.41, 5.74) is 2.11. The average Bonchev–Trinajstić information content (AvgIpc) is 2.76. The molecule has 3 aromatic rings. The zero-order chi connectivity index (χ0) is 21.9. The number of nitrogens with zero attached hydrogens (tertiary/aromatic N) is 1. The largest absolute Gasteiger partial charge is 0.497 e. The molecule has 0 saturated carbocycles. The van der Waals surface area contributed by atoms with E-state index in [1.165, 1.54) is 32.4 Å². The summed E-state index contributed by atoms with van der Waals surface area (Å²) in [6.45, 7) is 1.86. The second-order valence-corrected chi connectivity index (χ2v) is 8.99. The van der Waals surface area contributed by atoms with Crippen molar-refractivity contribution in [1.82, 2.24) is 0 Å². The molecule has 156 valence electrons. The van der Waals surface area contributed by atoms with E-state index in [0.29, 0.717) is 22.1 Å². The number of methoxy groups -OCH3 is 1. The molecule has 3 rings (SSSR count). The van der Waals surface area contributed by atoms with Gasteiger partial charge >= 0.3 is 0 Å². The molecule has 3 aromatic carbocycles. The number of aryl methyl sites for hydroxylation is 1. The molecule has 0 aliphatic carbocycles. The van der Waals surface area contributed by atoms with Crippen molar-refractivity contribution in [2.75, 3.05) is 23.8 Å². The Kier molecular flexibility index (Phi) is 6.34. The van der Waals surface area contributed by atoms with E-state index >= 15 is 0 Å². The molecule has 6 nitrogen and oxygen atoms in total. The molecule has 0 aliphatic heterocycles. The van der Waals surface area contributed by atoms with Gasteiger partial charge in [0.25, 0.3) is 15.9 Å². The van der Waals surface area contributed by atoms with E-state index in [2.05, 4.69) is 5.32 Å². The van der Waals surface area contributed by atoms with Crippen LogP contribution in [0.3, 0.4) is 0 Å². The molecule has 0 aromatic heterocycles. The standard InChI is InChI=1S/C22H21ClN2O4S/c1-15-7-8-17(14-21(15)23)24-22(26)16-5-4-6-20(13-16)30(27,28)25(2)18-9-11-19(29-3)12-10-18/h4-14H,1-3H3,(H,24,26). The molecule has 8 heteroatoms. The van der Waals surface area contributed by atoms with Crippen LogP contribution in [0.4, 0.5) is 11.4 Å². The third-order valence-corrected chi connectivity index (χ3v) is 6.81. The van der Waals surface area contributed by atoms with Gasteiger partial charge in [0, 0.05) is 23.3 Å². The Labute approximate surface area is 181 Å². The van der Waals surface area contributed by atoms with Crippen LogP contribution in [0.15, 0.2) is 71.6 Å². The number of amides is 1. The molecule has 0 saturated heterocycles. The van der Waals surface area contributed by atoms with Gasteiger partial charge in [0.05, 0.1) is 17.7 Å². The fourth-order valence-electron chi connectivity index (χ4n) is 2.76. The van der Waals surface area contributed by atoms with Crippen LogP contribution in [0.2, 0.25) is 5.02 Å². The number of hydrogen-bond donors (Lipinski definition) is 1. The van der Waals surface area contributed by atoms with Crippen LogP contribution in [0, 0.1) is 6.92 Å². The highest BCUT2D eigenvalue weighted by molar-refractivity contribution is 7.92. The van der Waals surface area contributed by atoms with Crippen molar-refractivity contribution in [3.05, 3.63) is 82.9 Å². The van der Waals surface area contributed by atoms with Crippen LogP contribution >= 0.6 is 11.6 Å². The molecular formula is C22H21ClN2O4S. The molecule has 1 amide bonds. The Morgan fingerprint density at radius 2 is 1.73 bits per heavy atom. The fraction of sp³-hybridized carbons (Fsp3) is 0.136. The van der Waals surface area contributed by atoms with E-state index in [1.54, 1.807) is 48.5 Å². The maximum Gasteiger partial charge on any atom is 0.264 e. The van der Waals surface area contributed by atoms with Crippen LogP contribution < -0.4 is 14.4 Å². The van der Waals surface area contributed by atoms with Crippen LogP contribution in [0.5, 0.6) is 5.75 Å². The first-order chi connectivity index (χ1) is 14.2. The topological polar surface area (TPSA) is 75.7 Å². The third kappa shape index (κ3) is 4.58. The first kappa shape index (κ1) is 21.7. The molecule has 0 aliphatic rings. The third-order valence-electron chi connectivity index (χ3n) is 4.62. The lowest BCUT2D eigenvalue weighted by Crippen LogP contribution is -2.26. The second kappa shape index (κ2) is 8.77. The normalized spacial score (nSPS) is 11.1. The Morgan fingerprint density at radius 1 is 1.03 bits per heavy atom. The lowest BCUT2D eigenvalue weighted by molar-refractivity contribution is 0.102. The van der Waals surface area contributed by atoms with E-state index < -0.39 is 15.9 Å². The predicted octanol–water partition coefficient (Wildman–Crippen LogP) is 4.73. The van der Waals surface area contributed by atoms with Crippen LogP contribution in [0.1, 0.15) is 15.9 Å². The van der Waals surface area contributed by atoms with Crippen molar-refractivity contribution in [1.29, 1.82) is 0 Å². The number of carbonyl (C=O) groups excluding carboxylic acids is 1. The highest BCUT2D eigenvalue weighted by atomic mass is 35.5. The quantitative estimate of drug-likeness (QED) is 0.596. The summed E-state index contributed by atoms with van der Waals surface area (Å²) in [5, 5.41) is 3.27. The SMILES string of the molecule is COc1ccc(N(C)S(=O)(=O)c2cccc(C(=O)Nc3ccc(C)c(Cl)c3)c2)cc1. The minimum absolute atomic E-state index is 0.00964. The van der Waals surface area contributed by atoms with E-state index in [0.717, 1.165) is 9.87 Å². The van der Waals surface area contributed by atoms with E-state index in [-0.39, 0.29) is 10.5 Å². The fourth-order valence-corrected chi connectivity index (χ4v) is 4.18. The molecule has 0 bridgehead atoms. The lowest BCUT2D eigenvalue weighted by atomic mass is 10.2. The molecule has 0 heterocycles. The number of carbonyl (C=O) groups is 1. The average molecular weight is 445 g/mol. The molecular weight excluding hydrogens is 424 g/mol. The molecule has 0 spiro atoms. The van der Waals surface area contributed by atoms with Crippen molar-refractivity contribution in [2.24, 2.45) is 0 Å². The van der Waals surface area contributed by atoms with Gasteiger partial charge in [0.2, 0.25) is 0 Å². The van der Waals surface area contributed by atoms with Crippen molar-refractivity contribution in [3.63, 3.8) is 0 Å². The van der Waals surface area contributed by atoms with Gasteiger partial charge < -0.3 is 10.1 Å². The molecule has 0 radical (unpaired) electrons. The molecule has 0 unspecified atom stereocenters. The van der Waals surface area contributed by atoms with Crippen LogP contribution in [-0.4, -0.2) is 28.5 Å². The highest BCUT2D eigenvalue weighted by Gasteiger charge is 2.22. The molecule has 30 heavy (non-hydrogen) atoms. The first-order valence-corrected chi connectivity index (χ1v) is 10.8. The molecule has 0 fully saturated rings. The van der Waals surface area contributed by atoms with Crippen molar-refractivity contribution >= 4 is 38.9 Å². The van der Waals surface area contributed by atoms with Crippen LogP contribution in [-0.2, 0) is 10.0 Å². The maximum atomic E-state index is 13.0. The predicted molar refractivity (Wildman–Crippen MR) is 119 cm³/mol. The monoisotopic (exact) mass is 444 g/mol. The zero-order valence-electron chi connectivity index (χ0n) is 16.7. The number of nitrogens with one attached hydrogen (secondary N) is 1. The number of anilines is 2.